The second-order valence-corrected chi connectivity index (χ2v) is 5.12. The molecule has 2 rings (SSSR count). The fraction of sp³-hybridized carbons (Fsp3) is 0.600. The second-order valence-electron chi connectivity index (χ2n) is 5.12. The fourth-order valence-electron chi connectivity index (χ4n) is 2.69. The van der Waals surface area contributed by atoms with E-state index in [2.05, 4.69) is 43.5 Å². The molecule has 1 heterocycles. The lowest BCUT2D eigenvalue weighted by molar-refractivity contribution is 0.0645. The molecule has 0 saturated carbocycles. The Labute approximate surface area is 110 Å². The van der Waals surface area contributed by atoms with E-state index >= 15 is 0 Å². The Morgan fingerprint density at radius 3 is 2.67 bits per heavy atom. The minimum absolute atomic E-state index is 0.310. The molecule has 1 aromatic carbocycles. The summed E-state index contributed by atoms with van der Waals surface area (Å²) in [6.45, 7) is 9.11. The van der Waals surface area contributed by atoms with Crippen molar-refractivity contribution in [2.75, 3.05) is 26.8 Å². The van der Waals surface area contributed by atoms with Crippen LogP contribution < -0.4 is 10.6 Å². The molecule has 3 nitrogen and oxygen atoms in total. The molecule has 2 N–H and O–H groups in total. The Balaban J connectivity index is 2.29. The summed E-state index contributed by atoms with van der Waals surface area (Å²) >= 11 is 0. The summed E-state index contributed by atoms with van der Waals surface area (Å²) < 4.78 is 5.58. The summed E-state index contributed by atoms with van der Waals surface area (Å²) in [4.78, 5) is 0. The summed E-state index contributed by atoms with van der Waals surface area (Å²) in [7, 11) is 2.02. The predicted octanol–water partition coefficient (Wildman–Crippen LogP) is 1.86. The Hall–Kier alpha value is -0.900. The van der Waals surface area contributed by atoms with E-state index in [4.69, 9.17) is 4.74 Å². The standard InChI is InChI=1S/C15H24N2O/c1-10-5-6-13(12(3)11(10)2)15(16-4)14-9-18-8-7-17-14/h5-6,14-17H,7-9H2,1-4H3. The molecular formula is C15H24N2O. The Morgan fingerprint density at radius 2 is 2.06 bits per heavy atom. The highest BCUT2D eigenvalue weighted by molar-refractivity contribution is 5.41. The maximum absolute atomic E-state index is 5.58. The third kappa shape index (κ3) is 2.58. The third-order valence-electron chi connectivity index (χ3n) is 4.10. The zero-order chi connectivity index (χ0) is 13.1. The van der Waals surface area contributed by atoms with Crippen LogP contribution in [0, 0.1) is 20.8 Å². The summed E-state index contributed by atoms with van der Waals surface area (Å²) in [6, 6.07) is 5.12. The van der Waals surface area contributed by atoms with Crippen molar-refractivity contribution >= 4 is 0 Å². The van der Waals surface area contributed by atoms with Crippen LogP contribution in [0.3, 0.4) is 0 Å². The molecule has 1 aromatic rings. The van der Waals surface area contributed by atoms with Crippen molar-refractivity contribution in [2.24, 2.45) is 0 Å². The quantitative estimate of drug-likeness (QED) is 0.856. The number of aryl methyl sites for hydroxylation is 1. The molecule has 0 radical (unpaired) electrons. The normalized spacial score (nSPS) is 21.9. The van der Waals surface area contributed by atoms with Crippen LogP contribution in [-0.4, -0.2) is 32.8 Å². The molecular weight excluding hydrogens is 224 g/mol. The fourth-order valence-corrected chi connectivity index (χ4v) is 2.69. The minimum atomic E-state index is 0.310. The van der Waals surface area contributed by atoms with Gasteiger partial charge in [-0.15, -0.1) is 0 Å². The molecule has 0 bridgehead atoms. The number of rotatable bonds is 3. The Bertz CT molecular complexity index is 411. The zero-order valence-electron chi connectivity index (χ0n) is 11.8. The lowest BCUT2D eigenvalue weighted by Crippen LogP contribution is -2.48. The van der Waals surface area contributed by atoms with Crippen LogP contribution in [0.2, 0.25) is 0 Å². The van der Waals surface area contributed by atoms with Crippen molar-refractivity contribution in [2.45, 2.75) is 32.9 Å². The van der Waals surface area contributed by atoms with Crippen molar-refractivity contribution in [3.63, 3.8) is 0 Å². The summed E-state index contributed by atoms with van der Waals surface area (Å²) in [6.07, 6.45) is 0. The SMILES string of the molecule is CNC(c1ccc(C)c(C)c1C)C1COCCN1. The monoisotopic (exact) mass is 248 g/mol. The first-order valence-corrected chi connectivity index (χ1v) is 6.70. The van der Waals surface area contributed by atoms with Crippen LogP contribution >= 0.6 is 0 Å². The third-order valence-corrected chi connectivity index (χ3v) is 4.10. The Morgan fingerprint density at radius 1 is 1.28 bits per heavy atom. The van der Waals surface area contributed by atoms with Gasteiger partial charge in [0.25, 0.3) is 0 Å². The van der Waals surface area contributed by atoms with Crippen LogP contribution in [0.25, 0.3) is 0 Å². The van der Waals surface area contributed by atoms with E-state index in [1.807, 2.05) is 7.05 Å². The molecule has 100 valence electrons. The van der Waals surface area contributed by atoms with E-state index in [-0.39, 0.29) is 0 Å². The van der Waals surface area contributed by atoms with Crippen LogP contribution in [0.1, 0.15) is 28.3 Å². The molecule has 3 heteroatoms. The van der Waals surface area contributed by atoms with Crippen molar-refractivity contribution in [1.29, 1.82) is 0 Å². The van der Waals surface area contributed by atoms with E-state index in [9.17, 15) is 0 Å². The van der Waals surface area contributed by atoms with Gasteiger partial charge in [-0.05, 0) is 50.1 Å². The molecule has 1 aliphatic heterocycles. The number of hydrogen-bond donors (Lipinski definition) is 2. The van der Waals surface area contributed by atoms with Crippen LogP contribution in [0.15, 0.2) is 12.1 Å². The molecule has 0 spiro atoms. The Kier molecular flexibility index (Phi) is 4.38. The van der Waals surface area contributed by atoms with Gasteiger partial charge in [0, 0.05) is 12.6 Å². The zero-order valence-corrected chi connectivity index (χ0v) is 11.8. The van der Waals surface area contributed by atoms with E-state index in [0.29, 0.717) is 12.1 Å². The molecule has 2 atom stereocenters. The topological polar surface area (TPSA) is 33.3 Å². The predicted molar refractivity (Wildman–Crippen MR) is 75.1 cm³/mol. The number of benzene rings is 1. The maximum Gasteiger partial charge on any atom is 0.0638 e. The van der Waals surface area contributed by atoms with E-state index in [1.54, 1.807) is 0 Å². The van der Waals surface area contributed by atoms with Gasteiger partial charge in [-0.1, -0.05) is 12.1 Å². The van der Waals surface area contributed by atoms with Crippen molar-refractivity contribution in [3.8, 4) is 0 Å². The second kappa shape index (κ2) is 5.83. The van der Waals surface area contributed by atoms with Gasteiger partial charge in [-0.3, -0.25) is 0 Å². The molecule has 1 aliphatic rings. The van der Waals surface area contributed by atoms with Crippen LogP contribution in [0.5, 0.6) is 0 Å². The average Bonchev–Trinajstić information content (AvgIpc) is 2.41. The summed E-state index contributed by atoms with van der Waals surface area (Å²) in [5.41, 5.74) is 5.52. The van der Waals surface area contributed by atoms with Crippen molar-refractivity contribution < 1.29 is 4.74 Å². The molecule has 1 fully saturated rings. The van der Waals surface area contributed by atoms with Gasteiger partial charge < -0.3 is 15.4 Å². The van der Waals surface area contributed by atoms with Gasteiger partial charge >= 0.3 is 0 Å². The molecule has 0 amide bonds. The van der Waals surface area contributed by atoms with Crippen LogP contribution in [0.4, 0.5) is 0 Å². The molecule has 2 unspecified atom stereocenters. The summed E-state index contributed by atoms with van der Waals surface area (Å²) in [5.74, 6) is 0. The lowest BCUT2D eigenvalue weighted by atomic mass is 9.90. The van der Waals surface area contributed by atoms with E-state index in [0.717, 1.165) is 19.8 Å². The first-order chi connectivity index (χ1) is 8.65. The van der Waals surface area contributed by atoms with E-state index < -0.39 is 0 Å². The van der Waals surface area contributed by atoms with Crippen molar-refractivity contribution in [1.82, 2.24) is 10.6 Å². The smallest absolute Gasteiger partial charge is 0.0638 e. The van der Waals surface area contributed by atoms with Gasteiger partial charge in [-0.2, -0.15) is 0 Å². The van der Waals surface area contributed by atoms with Crippen LogP contribution in [-0.2, 0) is 4.74 Å². The van der Waals surface area contributed by atoms with Gasteiger partial charge in [0.05, 0.1) is 19.3 Å². The average molecular weight is 248 g/mol. The van der Waals surface area contributed by atoms with Gasteiger partial charge in [0.15, 0.2) is 0 Å². The highest BCUT2D eigenvalue weighted by Crippen LogP contribution is 2.25. The molecule has 0 aliphatic carbocycles. The van der Waals surface area contributed by atoms with Gasteiger partial charge in [0.2, 0.25) is 0 Å². The van der Waals surface area contributed by atoms with E-state index in [1.165, 1.54) is 22.3 Å². The first-order valence-electron chi connectivity index (χ1n) is 6.70. The van der Waals surface area contributed by atoms with Crippen molar-refractivity contribution in [3.05, 3.63) is 34.4 Å². The van der Waals surface area contributed by atoms with Gasteiger partial charge in [-0.25, -0.2) is 0 Å². The minimum Gasteiger partial charge on any atom is -0.378 e. The highest BCUT2D eigenvalue weighted by Gasteiger charge is 2.25. The molecule has 1 saturated heterocycles. The number of hydrogen-bond acceptors (Lipinski definition) is 3. The maximum atomic E-state index is 5.58. The number of nitrogens with one attached hydrogen (secondary N) is 2. The number of ether oxygens (including phenoxy) is 1. The molecule has 0 aromatic heterocycles. The molecule has 18 heavy (non-hydrogen) atoms. The lowest BCUT2D eigenvalue weighted by Gasteiger charge is -2.32. The highest BCUT2D eigenvalue weighted by atomic mass is 16.5. The largest absolute Gasteiger partial charge is 0.378 e. The number of likely N-dealkylation sites (N-methyl/N-ethyl adjacent to an activating group) is 1. The summed E-state index contributed by atoms with van der Waals surface area (Å²) in [5, 5.41) is 6.98. The van der Waals surface area contributed by atoms with Gasteiger partial charge in [0.1, 0.15) is 0 Å². The first kappa shape index (κ1) is 13.5. The number of morpholine rings is 1.